The van der Waals surface area contributed by atoms with Crippen LogP contribution in [-0.4, -0.2) is 63.1 Å². The molecule has 156 valence electrons. The molecule has 1 saturated heterocycles. The van der Waals surface area contributed by atoms with E-state index in [1.807, 2.05) is 7.05 Å². The van der Waals surface area contributed by atoms with Crippen molar-refractivity contribution in [2.75, 3.05) is 40.3 Å². The quantitative estimate of drug-likeness (QED) is 0.305. The van der Waals surface area contributed by atoms with E-state index in [9.17, 15) is 4.79 Å². The monoisotopic (exact) mass is 499 g/mol. The van der Waals surface area contributed by atoms with Crippen LogP contribution in [0.1, 0.15) is 31.2 Å². The van der Waals surface area contributed by atoms with E-state index < -0.39 is 0 Å². The summed E-state index contributed by atoms with van der Waals surface area (Å²) in [5.74, 6) is 0.992. The Kier molecular flexibility index (Phi) is 9.01. The van der Waals surface area contributed by atoms with E-state index >= 15 is 0 Å². The van der Waals surface area contributed by atoms with Crippen molar-refractivity contribution in [3.05, 3.63) is 35.9 Å². The Morgan fingerprint density at radius 1 is 1.21 bits per heavy atom. The number of benzene rings is 1. The van der Waals surface area contributed by atoms with Gasteiger partial charge in [0, 0.05) is 39.8 Å². The first kappa shape index (κ1) is 22.9. The van der Waals surface area contributed by atoms with Gasteiger partial charge in [-0.15, -0.1) is 24.0 Å². The molecule has 28 heavy (non-hydrogen) atoms. The summed E-state index contributed by atoms with van der Waals surface area (Å²) in [6, 6.07) is 11.2. The van der Waals surface area contributed by atoms with E-state index in [0.29, 0.717) is 18.0 Å². The highest BCUT2D eigenvalue weighted by molar-refractivity contribution is 14.0. The lowest BCUT2D eigenvalue weighted by Gasteiger charge is -2.32. The van der Waals surface area contributed by atoms with Crippen molar-refractivity contribution in [1.29, 1.82) is 0 Å². The fourth-order valence-corrected chi connectivity index (χ4v) is 3.80. The number of hydrogen-bond acceptors (Lipinski definition) is 3. The number of guanidine groups is 1. The molecular formula is C21H34IN5O. The van der Waals surface area contributed by atoms with Crippen LogP contribution in [0.4, 0.5) is 0 Å². The number of amides is 1. The molecule has 0 spiro atoms. The molecule has 1 aromatic rings. The number of nitrogens with one attached hydrogen (secondary N) is 3. The summed E-state index contributed by atoms with van der Waals surface area (Å²) in [6.45, 7) is 3.36. The van der Waals surface area contributed by atoms with Gasteiger partial charge in [0.1, 0.15) is 0 Å². The molecule has 2 aliphatic rings. The Morgan fingerprint density at radius 3 is 2.46 bits per heavy atom. The number of hydrogen-bond donors (Lipinski definition) is 3. The van der Waals surface area contributed by atoms with Crippen molar-refractivity contribution in [3.8, 4) is 0 Å². The average molecular weight is 499 g/mol. The lowest BCUT2D eigenvalue weighted by molar-refractivity contribution is -0.122. The Hall–Kier alpha value is -1.35. The molecule has 1 amide bonds. The molecule has 7 heteroatoms. The molecule has 1 aromatic carbocycles. The van der Waals surface area contributed by atoms with Gasteiger partial charge < -0.3 is 16.0 Å². The second-order valence-corrected chi connectivity index (χ2v) is 7.96. The Bertz CT molecular complexity index is 639. The van der Waals surface area contributed by atoms with Gasteiger partial charge in [-0.2, -0.15) is 0 Å². The first-order chi connectivity index (χ1) is 13.1. The van der Waals surface area contributed by atoms with Crippen LogP contribution < -0.4 is 16.0 Å². The highest BCUT2D eigenvalue weighted by Gasteiger charge is 2.42. The van der Waals surface area contributed by atoms with Crippen LogP contribution in [0.5, 0.6) is 0 Å². The standard InChI is InChI=1S/C21H33N5O.HI/c1-22-19(27)15-26-12-8-18(9-13-26)25-20(23-2)24-16-21(10-11-21)14-17-6-4-3-5-7-17;/h3-7,18H,8-16H2,1-2H3,(H,22,27)(H2,23,24,25);1H. The third-order valence-electron chi connectivity index (χ3n) is 5.81. The first-order valence-electron chi connectivity index (χ1n) is 10.1. The maximum atomic E-state index is 11.5. The third kappa shape index (κ3) is 6.92. The second kappa shape index (κ2) is 11.0. The average Bonchev–Trinajstić information content (AvgIpc) is 3.46. The van der Waals surface area contributed by atoms with Crippen LogP contribution in [0, 0.1) is 5.41 Å². The van der Waals surface area contributed by atoms with Crippen LogP contribution in [0.2, 0.25) is 0 Å². The molecule has 3 rings (SSSR count). The van der Waals surface area contributed by atoms with Crippen LogP contribution in [0.3, 0.4) is 0 Å². The number of carbonyl (C=O) groups is 1. The fraction of sp³-hybridized carbons (Fsp3) is 0.619. The van der Waals surface area contributed by atoms with E-state index in [2.05, 4.69) is 56.2 Å². The third-order valence-corrected chi connectivity index (χ3v) is 5.81. The van der Waals surface area contributed by atoms with Gasteiger partial charge in [0.25, 0.3) is 0 Å². The zero-order chi connectivity index (χ0) is 19.1. The number of aliphatic imine (C=N–C) groups is 1. The first-order valence-corrected chi connectivity index (χ1v) is 10.1. The number of carbonyl (C=O) groups excluding carboxylic acids is 1. The molecule has 1 heterocycles. The van der Waals surface area contributed by atoms with Gasteiger partial charge >= 0.3 is 0 Å². The van der Waals surface area contributed by atoms with Crippen molar-refractivity contribution in [1.82, 2.24) is 20.9 Å². The summed E-state index contributed by atoms with van der Waals surface area (Å²) < 4.78 is 0. The summed E-state index contributed by atoms with van der Waals surface area (Å²) in [7, 11) is 3.53. The van der Waals surface area contributed by atoms with E-state index in [1.165, 1.54) is 18.4 Å². The molecule has 2 fully saturated rings. The predicted molar refractivity (Wildman–Crippen MR) is 125 cm³/mol. The number of likely N-dealkylation sites (N-methyl/N-ethyl adjacent to an activating group) is 1. The van der Waals surface area contributed by atoms with Crippen molar-refractivity contribution in [2.45, 2.75) is 38.1 Å². The van der Waals surface area contributed by atoms with Crippen molar-refractivity contribution in [3.63, 3.8) is 0 Å². The molecule has 6 nitrogen and oxygen atoms in total. The SMILES string of the molecule is CN=C(NCC1(Cc2ccccc2)CC1)NC1CCN(CC(=O)NC)CC1.I. The number of nitrogens with zero attached hydrogens (tertiary/aromatic N) is 2. The minimum Gasteiger partial charge on any atom is -0.358 e. The van der Waals surface area contributed by atoms with Crippen LogP contribution in [0.25, 0.3) is 0 Å². The summed E-state index contributed by atoms with van der Waals surface area (Å²) in [6.07, 6.45) is 5.77. The number of rotatable bonds is 7. The maximum absolute atomic E-state index is 11.5. The summed E-state index contributed by atoms with van der Waals surface area (Å²) in [5.41, 5.74) is 1.80. The minimum absolute atomic E-state index is 0. The highest BCUT2D eigenvalue weighted by Crippen LogP contribution is 2.47. The number of likely N-dealkylation sites (tertiary alicyclic amines) is 1. The molecule has 0 bridgehead atoms. The molecule has 1 aliphatic carbocycles. The zero-order valence-electron chi connectivity index (χ0n) is 17.0. The number of piperidine rings is 1. The van der Waals surface area contributed by atoms with Crippen molar-refractivity contribution >= 4 is 35.8 Å². The van der Waals surface area contributed by atoms with E-state index in [1.54, 1.807) is 7.05 Å². The van der Waals surface area contributed by atoms with Gasteiger partial charge in [-0.25, -0.2) is 0 Å². The smallest absolute Gasteiger partial charge is 0.233 e. The van der Waals surface area contributed by atoms with E-state index in [0.717, 1.165) is 44.9 Å². The molecule has 1 saturated carbocycles. The fourth-order valence-electron chi connectivity index (χ4n) is 3.80. The summed E-state index contributed by atoms with van der Waals surface area (Å²) >= 11 is 0. The molecule has 0 atom stereocenters. The molecular weight excluding hydrogens is 465 g/mol. The topological polar surface area (TPSA) is 68.8 Å². The molecule has 1 aliphatic heterocycles. The van der Waals surface area contributed by atoms with Gasteiger partial charge in [0.2, 0.25) is 5.91 Å². The second-order valence-electron chi connectivity index (χ2n) is 7.96. The maximum Gasteiger partial charge on any atom is 0.233 e. The van der Waals surface area contributed by atoms with Gasteiger partial charge in [-0.1, -0.05) is 30.3 Å². The lowest BCUT2D eigenvalue weighted by atomic mass is 9.96. The van der Waals surface area contributed by atoms with Crippen molar-refractivity contribution in [2.24, 2.45) is 10.4 Å². The van der Waals surface area contributed by atoms with Crippen molar-refractivity contribution < 1.29 is 4.79 Å². The minimum atomic E-state index is 0. The molecule has 0 aromatic heterocycles. The summed E-state index contributed by atoms with van der Waals surface area (Å²) in [5, 5.41) is 9.82. The number of halogens is 1. The van der Waals surface area contributed by atoms with Crippen LogP contribution in [0.15, 0.2) is 35.3 Å². The van der Waals surface area contributed by atoms with E-state index in [4.69, 9.17) is 0 Å². The zero-order valence-corrected chi connectivity index (χ0v) is 19.4. The molecule has 0 unspecified atom stereocenters. The Morgan fingerprint density at radius 2 is 1.89 bits per heavy atom. The van der Waals surface area contributed by atoms with Crippen LogP contribution >= 0.6 is 24.0 Å². The predicted octanol–water partition coefficient (Wildman–Crippen LogP) is 2.00. The van der Waals surface area contributed by atoms with Gasteiger partial charge in [-0.05, 0) is 43.1 Å². The molecule has 3 N–H and O–H groups in total. The lowest BCUT2D eigenvalue weighted by Crippen LogP contribution is -2.50. The Labute approximate surface area is 186 Å². The van der Waals surface area contributed by atoms with Gasteiger partial charge in [0.05, 0.1) is 6.54 Å². The van der Waals surface area contributed by atoms with Gasteiger partial charge in [0.15, 0.2) is 5.96 Å². The largest absolute Gasteiger partial charge is 0.358 e. The normalized spacial score (nSPS) is 19.4. The van der Waals surface area contributed by atoms with E-state index in [-0.39, 0.29) is 29.9 Å². The van der Waals surface area contributed by atoms with Gasteiger partial charge in [-0.3, -0.25) is 14.7 Å². The summed E-state index contributed by atoms with van der Waals surface area (Å²) in [4.78, 5) is 18.1. The molecule has 0 radical (unpaired) electrons. The highest BCUT2D eigenvalue weighted by atomic mass is 127. The van der Waals surface area contributed by atoms with Crippen LogP contribution in [-0.2, 0) is 11.2 Å². The Balaban J connectivity index is 0.00000280.